The summed E-state index contributed by atoms with van der Waals surface area (Å²) >= 11 is 1.39. The van der Waals surface area contributed by atoms with Crippen LogP contribution >= 0.6 is 11.8 Å². The Morgan fingerprint density at radius 2 is 1.71 bits per heavy atom. The van der Waals surface area contributed by atoms with Gasteiger partial charge in [-0.3, -0.25) is 4.79 Å². The molecule has 2 heterocycles. The van der Waals surface area contributed by atoms with E-state index in [0.717, 1.165) is 16.3 Å². The van der Waals surface area contributed by atoms with E-state index in [1.165, 1.54) is 49.4 Å². The number of ether oxygens (including phenoxy) is 2. The zero-order valence-corrected chi connectivity index (χ0v) is 18.1. The standard InChI is InChI=1S/C25H24N2O3S/c28-22(20-10-12-23-24(14-20)30-16-29-23)15-31-25-13-11-21(26-27-25)19-8-6-18(7-9-19)17-4-2-1-3-5-17/h6-14,17H,1-5,15-16H2. The number of carbonyl (C=O) groups is 1. The number of rotatable bonds is 6. The van der Waals surface area contributed by atoms with E-state index < -0.39 is 0 Å². The molecule has 0 bridgehead atoms. The first kappa shape index (κ1) is 20.1. The third-order valence-electron chi connectivity index (χ3n) is 5.97. The average Bonchev–Trinajstić information content (AvgIpc) is 3.32. The van der Waals surface area contributed by atoms with Crippen LogP contribution in [0.5, 0.6) is 11.5 Å². The maximum atomic E-state index is 12.5. The SMILES string of the molecule is O=C(CSc1ccc(-c2ccc(C3CCCCC3)cc2)nn1)c1ccc2c(c1)OCO2. The van der Waals surface area contributed by atoms with E-state index in [2.05, 4.69) is 34.5 Å². The second-order valence-corrected chi connectivity index (χ2v) is 8.99. The number of aromatic nitrogens is 2. The van der Waals surface area contributed by atoms with Gasteiger partial charge in [0.15, 0.2) is 17.3 Å². The second kappa shape index (κ2) is 9.10. The van der Waals surface area contributed by atoms with Gasteiger partial charge < -0.3 is 9.47 Å². The number of hydrogen-bond acceptors (Lipinski definition) is 6. The second-order valence-electron chi connectivity index (χ2n) is 7.99. The van der Waals surface area contributed by atoms with E-state index in [1.54, 1.807) is 18.2 Å². The molecular formula is C25H24N2O3S. The van der Waals surface area contributed by atoms with Crippen LogP contribution in [-0.2, 0) is 0 Å². The number of fused-ring (bicyclic) bond motifs is 1. The first-order chi connectivity index (χ1) is 15.3. The fourth-order valence-electron chi connectivity index (χ4n) is 4.21. The summed E-state index contributed by atoms with van der Waals surface area (Å²) in [7, 11) is 0. The van der Waals surface area contributed by atoms with Crippen LogP contribution in [0.1, 0.15) is 53.9 Å². The highest BCUT2D eigenvalue weighted by molar-refractivity contribution is 7.99. The number of benzene rings is 2. The zero-order valence-electron chi connectivity index (χ0n) is 17.3. The zero-order chi connectivity index (χ0) is 21.0. The summed E-state index contributed by atoms with van der Waals surface area (Å²) in [5, 5.41) is 9.41. The lowest BCUT2D eigenvalue weighted by Crippen LogP contribution is -2.04. The molecule has 1 aliphatic heterocycles. The largest absolute Gasteiger partial charge is 0.454 e. The molecule has 1 aromatic heterocycles. The molecule has 2 aromatic carbocycles. The molecule has 0 N–H and O–H groups in total. The fourth-order valence-corrected chi connectivity index (χ4v) is 4.91. The van der Waals surface area contributed by atoms with Gasteiger partial charge in [-0.1, -0.05) is 55.3 Å². The normalized spacial score (nSPS) is 15.7. The summed E-state index contributed by atoms with van der Waals surface area (Å²) < 4.78 is 10.6. The van der Waals surface area contributed by atoms with Crippen LogP contribution in [0.25, 0.3) is 11.3 Å². The highest BCUT2D eigenvalue weighted by Gasteiger charge is 2.17. The van der Waals surface area contributed by atoms with Crippen molar-refractivity contribution in [3.05, 3.63) is 65.7 Å². The Bertz CT molecular complexity index is 1060. The van der Waals surface area contributed by atoms with Gasteiger partial charge in [-0.25, -0.2) is 0 Å². The Balaban J connectivity index is 1.19. The summed E-state index contributed by atoms with van der Waals surface area (Å²) in [6.07, 6.45) is 6.66. The molecule has 31 heavy (non-hydrogen) atoms. The number of ketones is 1. The maximum Gasteiger partial charge on any atom is 0.231 e. The summed E-state index contributed by atoms with van der Waals surface area (Å²) in [5.41, 5.74) is 3.96. The van der Waals surface area contributed by atoms with E-state index in [9.17, 15) is 4.79 Å². The Kier molecular flexibility index (Phi) is 5.89. The molecule has 0 radical (unpaired) electrons. The van der Waals surface area contributed by atoms with Crippen LogP contribution in [0.3, 0.4) is 0 Å². The van der Waals surface area contributed by atoms with Gasteiger partial charge in [0.05, 0.1) is 11.4 Å². The molecule has 0 unspecified atom stereocenters. The number of Topliss-reactive ketones (excluding diaryl/α,β-unsaturated/α-hetero) is 1. The third kappa shape index (κ3) is 4.59. The van der Waals surface area contributed by atoms with Gasteiger partial charge >= 0.3 is 0 Å². The van der Waals surface area contributed by atoms with Crippen molar-refractivity contribution in [3.8, 4) is 22.8 Å². The monoisotopic (exact) mass is 432 g/mol. The molecule has 0 atom stereocenters. The Morgan fingerprint density at radius 1 is 0.903 bits per heavy atom. The number of carbonyl (C=O) groups excluding carboxylic acids is 1. The number of thioether (sulfide) groups is 1. The van der Waals surface area contributed by atoms with Crippen LogP contribution in [0, 0.1) is 0 Å². The predicted molar refractivity (Wildman–Crippen MR) is 121 cm³/mol. The predicted octanol–water partition coefficient (Wildman–Crippen LogP) is 5.90. The molecule has 6 heteroatoms. The first-order valence-corrected chi connectivity index (χ1v) is 11.7. The fraction of sp³-hybridized carbons (Fsp3) is 0.320. The average molecular weight is 433 g/mol. The Morgan fingerprint density at radius 3 is 2.48 bits per heavy atom. The highest BCUT2D eigenvalue weighted by atomic mass is 32.2. The van der Waals surface area contributed by atoms with Crippen molar-refractivity contribution in [3.63, 3.8) is 0 Å². The quantitative estimate of drug-likeness (QED) is 0.357. The van der Waals surface area contributed by atoms with Gasteiger partial charge in [-0.15, -0.1) is 10.2 Å². The molecule has 0 spiro atoms. The smallest absolute Gasteiger partial charge is 0.231 e. The minimum Gasteiger partial charge on any atom is -0.454 e. The summed E-state index contributed by atoms with van der Waals surface area (Å²) in [5.74, 6) is 2.32. The number of nitrogens with zero attached hydrogens (tertiary/aromatic N) is 2. The van der Waals surface area contributed by atoms with E-state index in [0.29, 0.717) is 28.7 Å². The lowest BCUT2D eigenvalue weighted by molar-refractivity contribution is 0.102. The minimum absolute atomic E-state index is 0.0208. The Labute approximate surface area is 186 Å². The van der Waals surface area contributed by atoms with Gasteiger partial charge in [-0.05, 0) is 54.7 Å². The lowest BCUT2D eigenvalue weighted by Gasteiger charge is -2.22. The molecule has 5 nitrogen and oxygen atoms in total. The van der Waals surface area contributed by atoms with Crippen LogP contribution < -0.4 is 9.47 Å². The van der Waals surface area contributed by atoms with Crippen molar-refractivity contribution in [1.82, 2.24) is 10.2 Å². The van der Waals surface area contributed by atoms with Gasteiger partial charge in [0.25, 0.3) is 0 Å². The van der Waals surface area contributed by atoms with Gasteiger partial charge in [0, 0.05) is 11.1 Å². The molecule has 0 saturated heterocycles. The Hall–Kier alpha value is -2.86. The highest BCUT2D eigenvalue weighted by Crippen LogP contribution is 2.34. The molecule has 5 rings (SSSR count). The topological polar surface area (TPSA) is 61.3 Å². The van der Waals surface area contributed by atoms with Crippen molar-refractivity contribution in [1.29, 1.82) is 0 Å². The van der Waals surface area contributed by atoms with Crippen molar-refractivity contribution in [2.24, 2.45) is 0 Å². The van der Waals surface area contributed by atoms with Crippen molar-refractivity contribution in [2.75, 3.05) is 12.5 Å². The summed E-state index contributed by atoms with van der Waals surface area (Å²) in [6.45, 7) is 0.201. The molecule has 1 fully saturated rings. The van der Waals surface area contributed by atoms with Crippen LogP contribution in [0.4, 0.5) is 0 Å². The minimum atomic E-state index is 0.0208. The van der Waals surface area contributed by atoms with E-state index in [-0.39, 0.29) is 12.6 Å². The van der Waals surface area contributed by atoms with Gasteiger partial charge in [-0.2, -0.15) is 0 Å². The van der Waals surface area contributed by atoms with Crippen LogP contribution in [0.15, 0.2) is 59.6 Å². The molecule has 2 aliphatic rings. The molecule has 3 aromatic rings. The van der Waals surface area contributed by atoms with Crippen molar-refractivity contribution in [2.45, 2.75) is 43.0 Å². The van der Waals surface area contributed by atoms with Gasteiger partial charge in [0.1, 0.15) is 5.03 Å². The maximum absolute atomic E-state index is 12.5. The summed E-state index contributed by atoms with van der Waals surface area (Å²) in [6, 6.07) is 17.9. The molecule has 0 amide bonds. The van der Waals surface area contributed by atoms with Gasteiger partial charge in [0.2, 0.25) is 6.79 Å². The molecule has 1 saturated carbocycles. The van der Waals surface area contributed by atoms with E-state index >= 15 is 0 Å². The van der Waals surface area contributed by atoms with Crippen molar-refractivity contribution < 1.29 is 14.3 Å². The van der Waals surface area contributed by atoms with Crippen LogP contribution in [0.2, 0.25) is 0 Å². The summed E-state index contributed by atoms with van der Waals surface area (Å²) in [4.78, 5) is 12.5. The van der Waals surface area contributed by atoms with Crippen LogP contribution in [-0.4, -0.2) is 28.5 Å². The third-order valence-corrected chi connectivity index (χ3v) is 6.89. The van der Waals surface area contributed by atoms with Crippen molar-refractivity contribution >= 4 is 17.5 Å². The molecule has 1 aliphatic carbocycles. The van der Waals surface area contributed by atoms with E-state index in [1.807, 2.05) is 12.1 Å². The molecular weight excluding hydrogens is 408 g/mol. The molecule has 158 valence electrons. The lowest BCUT2D eigenvalue weighted by atomic mass is 9.84. The van der Waals surface area contributed by atoms with E-state index in [4.69, 9.17) is 9.47 Å². The number of hydrogen-bond donors (Lipinski definition) is 0. The first-order valence-electron chi connectivity index (χ1n) is 10.8.